The van der Waals surface area contributed by atoms with Gasteiger partial charge in [0.25, 0.3) is 0 Å². The molecule has 0 radical (unpaired) electrons. The van der Waals surface area contributed by atoms with Crippen LogP contribution in [0.1, 0.15) is 74.0 Å². The zero-order valence-corrected chi connectivity index (χ0v) is 23.9. The van der Waals surface area contributed by atoms with E-state index in [9.17, 15) is 4.79 Å². The van der Waals surface area contributed by atoms with Crippen molar-refractivity contribution >= 4 is 23.0 Å². The van der Waals surface area contributed by atoms with Crippen molar-refractivity contribution in [1.82, 2.24) is 5.16 Å². The zero-order chi connectivity index (χ0) is 28.2. The minimum Gasteiger partial charge on any atom is -0.493 e. The van der Waals surface area contributed by atoms with E-state index in [0.29, 0.717) is 6.61 Å². The fraction of sp³-hybridized carbons (Fsp3) is 0.353. The molecule has 4 aromatic rings. The third-order valence-electron chi connectivity index (χ3n) is 6.62. The number of benzene rings is 3. The first-order valence-electron chi connectivity index (χ1n) is 14.0. The number of rotatable bonds is 12. The molecular weight excluding hydrogens is 486 g/mol. The molecule has 0 spiro atoms. The second-order valence-electron chi connectivity index (χ2n) is 9.63. The molecule has 5 nitrogen and oxygen atoms in total. The molecule has 4 rings (SSSR count). The Morgan fingerprint density at radius 1 is 1.00 bits per heavy atom. The molecule has 0 atom stereocenters. The molecule has 0 amide bonds. The van der Waals surface area contributed by atoms with Crippen molar-refractivity contribution in [3.63, 3.8) is 0 Å². The van der Waals surface area contributed by atoms with Crippen molar-refractivity contribution in [2.24, 2.45) is 0 Å². The molecule has 0 unspecified atom stereocenters. The standard InChI is InChI=1S/C32H35NO4.C2H6/c1-4-8-28-30(16-14-27-29(33-37-32(27)28)15-13-24-9-6-5-7-10-24)36-18-17-22(2)19-26-20-25(21-31(34)35)12-11-23(26)3;1-2/h5-7,9-12,14,16,19-20H,4,8,13,15,17-18,21H2,1-3H3,(H,34,35);1-2H3/b22-19+;. The van der Waals surface area contributed by atoms with E-state index in [4.69, 9.17) is 14.4 Å². The van der Waals surface area contributed by atoms with Gasteiger partial charge in [-0.3, -0.25) is 4.79 Å². The Morgan fingerprint density at radius 3 is 2.49 bits per heavy atom. The molecule has 5 heteroatoms. The van der Waals surface area contributed by atoms with Crippen molar-refractivity contribution < 1.29 is 19.2 Å². The van der Waals surface area contributed by atoms with Crippen molar-refractivity contribution in [1.29, 1.82) is 0 Å². The highest BCUT2D eigenvalue weighted by atomic mass is 16.5. The van der Waals surface area contributed by atoms with E-state index in [1.54, 1.807) is 0 Å². The number of aliphatic carboxylic acids is 1. The number of aromatic nitrogens is 1. The van der Waals surface area contributed by atoms with E-state index in [1.807, 2.05) is 45.0 Å². The van der Waals surface area contributed by atoms with E-state index in [1.165, 1.54) is 11.1 Å². The molecule has 0 aliphatic rings. The molecule has 0 bridgehead atoms. The molecule has 0 aliphatic carbocycles. The highest BCUT2D eigenvalue weighted by Gasteiger charge is 2.16. The monoisotopic (exact) mass is 527 g/mol. The van der Waals surface area contributed by atoms with Gasteiger partial charge >= 0.3 is 5.97 Å². The van der Waals surface area contributed by atoms with E-state index >= 15 is 0 Å². The van der Waals surface area contributed by atoms with Gasteiger partial charge in [0, 0.05) is 17.4 Å². The summed E-state index contributed by atoms with van der Waals surface area (Å²) in [6.07, 6.45) is 6.53. The van der Waals surface area contributed by atoms with Gasteiger partial charge in [0.1, 0.15) is 5.75 Å². The lowest BCUT2D eigenvalue weighted by atomic mass is 10.0. The molecule has 0 saturated heterocycles. The maximum atomic E-state index is 11.1. The predicted octanol–water partition coefficient (Wildman–Crippen LogP) is 8.40. The summed E-state index contributed by atoms with van der Waals surface area (Å²) in [6.45, 7) is 10.8. The van der Waals surface area contributed by atoms with Gasteiger partial charge in [-0.15, -0.1) is 0 Å². The van der Waals surface area contributed by atoms with Crippen molar-refractivity contribution in [3.8, 4) is 5.75 Å². The highest BCUT2D eigenvalue weighted by molar-refractivity contribution is 5.84. The third kappa shape index (κ3) is 8.31. The van der Waals surface area contributed by atoms with Gasteiger partial charge in [-0.1, -0.05) is 92.5 Å². The van der Waals surface area contributed by atoms with E-state index in [2.05, 4.69) is 61.5 Å². The first kappa shape index (κ1) is 29.7. The van der Waals surface area contributed by atoms with E-state index < -0.39 is 5.97 Å². The van der Waals surface area contributed by atoms with Crippen molar-refractivity contribution in [2.75, 3.05) is 6.61 Å². The Kier molecular flexibility index (Phi) is 11.4. The predicted molar refractivity (Wildman–Crippen MR) is 159 cm³/mol. The number of ether oxygens (including phenoxy) is 1. The summed E-state index contributed by atoms with van der Waals surface area (Å²) in [6, 6.07) is 20.4. The Hall–Kier alpha value is -3.86. The van der Waals surface area contributed by atoms with Crippen molar-refractivity contribution in [2.45, 2.75) is 73.1 Å². The van der Waals surface area contributed by atoms with Crippen LogP contribution in [0.2, 0.25) is 0 Å². The van der Waals surface area contributed by atoms with Gasteiger partial charge in [0.2, 0.25) is 0 Å². The van der Waals surface area contributed by atoms with Crippen LogP contribution in [0.3, 0.4) is 0 Å². The van der Waals surface area contributed by atoms with Gasteiger partial charge in [0.15, 0.2) is 5.58 Å². The minimum atomic E-state index is -0.821. The molecule has 39 heavy (non-hydrogen) atoms. The summed E-state index contributed by atoms with van der Waals surface area (Å²) in [5, 5.41) is 14.6. The first-order valence-corrected chi connectivity index (χ1v) is 14.0. The Labute approximate surface area is 232 Å². The van der Waals surface area contributed by atoms with Gasteiger partial charge in [-0.25, -0.2) is 0 Å². The summed E-state index contributed by atoms with van der Waals surface area (Å²) in [4.78, 5) is 11.1. The molecule has 0 aliphatic heterocycles. The Balaban J connectivity index is 0.00000205. The van der Waals surface area contributed by atoms with Crippen LogP contribution >= 0.6 is 0 Å². The normalized spacial score (nSPS) is 11.3. The van der Waals surface area contributed by atoms with Crippen LogP contribution in [0.25, 0.3) is 17.0 Å². The molecule has 1 aromatic heterocycles. The maximum Gasteiger partial charge on any atom is 0.307 e. The van der Waals surface area contributed by atoms with Gasteiger partial charge in [-0.05, 0) is 67.5 Å². The van der Waals surface area contributed by atoms with Crippen molar-refractivity contribution in [3.05, 3.63) is 99.7 Å². The number of nitrogens with zero attached hydrogens (tertiary/aromatic N) is 1. The second kappa shape index (κ2) is 14.9. The number of hydrogen-bond donors (Lipinski definition) is 1. The lowest BCUT2D eigenvalue weighted by Gasteiger charge is -2.12. The smallest absolute Gasteiger partial charge is 0.307 e. The Morgan fingerprint density at radius 2 is 1.77 bits per heavy atom. The number of fused-ring (bicyclic) bond motifs is 1. The lowest BCUT2D eigenvalue weighted by molar-refractivity contribution is -0.136. The largest absolute Gasteiger partial charge is 0.493 e. The second-order valence-corrected chi connectivity index (χ2v) is 9.63. The number of hydrogen-bond acceptors (Lipinski definition) is 4. The molecule has 3 aromatic carbocycles. The summed E-state index contributed by atoms with van der Waals surface area (Å²) >= 11 is 0. The zero-order valence-electron chi connectivity index (χ0n) is 23.9. The highest BCUT2D eigenvalue weighted by Crippen LogP contribution is 2.32. The van der Waals surface area contributed by atoms with Crippen LogP contribution < -0.4 is 4.74 Å². The number of aryl methyl sites for hydroxylation is 4. The number of carboxylic acids is 1. The van der Waals surface area contributed by atoms with Crippen LogP contribution in [0.4, 0.5) is 0 Å². The number of carboxylic acid groups (broad SMARTS) is 1. The molecule has 206 valence electrons. The SMILES string of the molecule is CC.CCCc1c(OCC/C(C)=C/c2cc(CC(=O)O)ccc2C)ccc2c(CCc3ccccc3)noc12. The molecule has 1 heterocycles. The summed E-state index contributed by atoms with van der Waals surface area (Å²) in [5.74, 6) is 0.0337. The van der Waals surface area contributed by atoms with Crippen LogP contribution in [-0.4, -0.2) is 22.8 Å². The maximum absolute atomic E-state index is 11.1. The van der Waals surface area contributed by atoms with Gasteiger partial charge in [-0.2, -0.15) is 0 Å². The molecule has 1 N–H and O–H groups in total. The summed E-state index contributed by atoms with van der Waals surface area (Å²) < 4.78 is 12.1. The quantitative estimate of drug-likeness (QED) is 0.200. The van der Waals surface area contributed by atoms with Crippen LogP contribution in [0.15, 0.2) is 70.8 Å². The van der Waals surface area contributed by atoms with E-state index in [-0.39, 0.29) is 6.42 Å². The van der Waals surface area contributed by atoms with Gasteiger partial charge in [0.05, 0.1) is 18.7 Å². The van der Waals surface area contributed by atoms with Crippen LogP contribution in [0, 0.1) is 6.92 Å². The lowest BCUT2D eigenvalue weighted by Crippen LogP contribution is -2.02. The van der Waals surface area contributed by atoms with Crippen LogP contribution in [-0.2, 0) is 30.5 Å². The average molecular weight is 528 g/mol. The van der Waals surface area contributed by atoms with E-state index in [0.717, 1.165) is 76.8 Å². The fourth-order valence-electron chi connectivity index (χ4n) is 4.59. The minimum absolute atomic E-state index is 0.0293. The molecule has 0 saturated carbocycles. The fourth-order valence-corrected chi connectivity index (χ4v) is 4.59. The summed E-state index contributed by atoms with van der Waals surface area (Å²) in [7, 11) is 0. The average Bonchev–Trinajstić information content (AvgIpc) is 3.35. The van der Waals surface area contributed by atoms with Gasteiger partial charge < -0.3 is 14.4 Å². The molecular formula is C34H41NO4. The third-order valence-corrected chi connectivity index (χ3v) is 6.62. The Bertz CT molecular complexity index is 1390. The molecule has 0 fully saturated rings. The van der Waals surface area contributed by atoms with Crippen LogP contribution in [0.5, 0.6) is 5.75 Å². The number of carbonyl (C=O) groups is 1. The topological polar surface area (TPSA) is 72.6 Å². The summed E-state index contributed by atoms with van der Waals surface area (Å²) in [5.41, 5.74) is 8.35. The first-order chi connectivity index (χ1) is 18.9.